The summed E-state index contributed by atoms with van der Waals surface area (Å²) in [5, 5.41) is 0. The van der Waals surface area contributed by atoms with Gasteiger partial charge in [0.1, 0.15) is 6.54 Å². The number of fused-ring (bicyclic) bond motifs is 1. The molecule has 0 atom stereocenters. The molecule has 2 rings (SSSR count). The standard InChI is InChI=1S/C18H24N2O3S/c1-7-23-14(21)10-20-15-12(3)8-11(2)9-13(15)24-17(20)19-16(22)18(4,5)6/h8-9H,7,10H2,1-6H3. The summed E-state index contributed by atoms with van der Waals surface area (Å²) in [6.45, 7) is 11.7. The molecule has 5 nitrogen and oxygen atoms in total. The molecule has 0 saturated carbocycles. The lowest BCUT2D eigenvalue weighted by atomic mass is 9.96. The molecule has 0 unspecified atom stereocenters. The molecule has 1 amide bonds. The van der Waals surface area contributed by atoms with Gasteiger partial charge in [-0.25, -0.2) is 0 Å². The van der Waals surface area contributed by atoms with Crippen LogP contribution in [0.3, 0.4) is 0 Å². The number of esters is 1. The van der Waals surface area contributed by atoms with Gasteiger partial charge in [-0.2, -0.15) is 4.99 Å². The van der Waals surface area contributed by atoms with Crippen LogP contribution in [0.1, 0.15) is 38.8 Å². The Morgan fingerprint density at radius 3 is 2.50 bits per heavy atom. The fraction of sp³-hybridized carbons (Fsp3) is 0.500. The highest BCUT2D eigenvalue weighted by Crippen LogP contribution is 2.24. The van der Waals surface area contributed by atoms with Crippen molar-refractivity contribution in [1.82, 2.24) is 4.57 Å². The van der Waals surface area contributed by atoms with Crippen molar-refractivity contribution in [2.24, 2.45) is 10.4 Å². The third-order valence-corrected chi connectivity index (χ3v) is 4.57. The van der Waals surface area contributed by atoms with Crippen molar-refractivity contribution in [2.75, 3.05) is 6.61 Å². The minimum absolute atomic E-state index is 0.0496. The van der Waals surface area contributed by atoms with Crippen LogP contribution >= 0.6 is 11.3 Å². The van der Waals surface area contributed by atoms with Crippen LogP contribution in [0.5, 0.6) is 0 Å². The summed E-state index contributed by atoms with van der Waals surface area (Å²) in [7, 11) is 0. The van der Waals surface area contributed by atoms with Crippen LogP contribution in [0, 0.1) is 19.3 Å². The Hall–Kier alpha value is -1.95. The van der Waals surface area contributed by atoms with E-state index in [4.69, 9.17) is 4.74 Å². The van der Waals surface area contributed by atoms with Crippen LogP contribution < -0.4 is 4.80 Å². The van der Waals surface area contributed by atoms with Gasteiger partial charge in [-0.1, -0.05) is 38.2 Å². The first-order valence-electron chi connectivity index (χ1n) is 7.99. The highest BCUT2D eigenvalue weighted by Gasteiger charge is 2.22. The Labute approximate surface area is 146 Å². The summed E-state index contributed by atoms with van der Waals surface area (Å²) in [5.74, 6) is -0.539. The van der Waals surface area contributed by atoms with E-state index in [1.165, 1.54) is 11.3 Å². The van der Waals surface area contributed by atoms with Gasteiger partial charge >= 0.3 is 5.97 Å². The van der Waals surface area contributed by atoms with Crippen molar-refractivity contribution in [3.8, 4) is 0 Å². The van der Waals surface area contributed by atoms with Crippen molar-refractivity contribution in [3.05, 3.63) is 28.1 Å². The number of carbonyl (C=O) groups is 2. The number of hydrogen-bond donors (Lipinski definition) is 0. The number of hydrogen-bond acceptors (Lipinski definition) is 4. The quantitative estimate of drug-likeness (QED) is 0.799. The summed E-state index contributed by atoms with van der Waals surface area (Å²) in [6.07, 6.45) is 0. The molecule has 6 heteroatoms. The number of aryl methyl sites for hydroxylation is 2. The fourth-order valence-corrected chi connectivity index (χ4v) is 3.62. The van der Waals surface area contributed by atoms with Gasteiger partial charge in [-0.05, 0) is 38.0 Å². The largest absolute Gasteiger partial charge is 0.465 e. The summed E-state index contributed by atoms with van der Waals surface area (Å²) < 4.78 is 7.87. The van der Waals surface area contributed by atoms with Gasteiger partial charge in [0.2, 0.25) is 0 Å². The lowest BCUT2D eigenvalue weighted by Gasteiger charge is -2.12. The molecule has 0 saturated heterocycles. The molecule has 130 valence electrons. The Morgan fingerprint density at radius 2 is 1.92 bits per heavy atom. The molecule has 0 fully saturated rings. The summed E-state index contributed by atoms with van der Waals surface area (Å²) >= 11 is 1.42. The fourth-order valence-electron chi connectivity index (χ4n) is 2.41. The second-order valence-corrected chi connectivity index (χ2v) is 7.88. The van der Waals surface area contributed by atoms with Gasteiger partial charge in [0.05, 0.1) is 16.8 Å². The van der Waals surface area contributed by atoms with E-state index in [2.05, 4.69) is 17.1 Å². The minimum atomic E-state index is -0.567. The van der Waals surface area contributed by atoms with Gasteiger partial charge in [0.15, 0.2) is 4.80 Å². The van der Waals surface area contributed by atoms with E-state index in [0.717, 1.165) is 21.3 Å². The molecule has 0 radical (unpaired) electrons. The smallest absolute Gasteiger partial charge is 0.326 e. The van der Waals surface area contributed by atoms with E-state index in [0.29, 0.717) is 11.4 Å². The molecule has 1 aromatic carbocycles. The van der Waals surface area contributed by atoms with Crippen LogP contribution in [0.2, 0.25) is 0 Å². The number of carbonyl (C=O) groups excluding carboxylic acids is 2. The van der Waals surface area contributed by atoms with Crippen LogP contribution in [0.15, 0.2) is 17.1 Å². The Balaban J connectivity index is 2.69. The summed E-state index contributed by atoms with van der Waals surface area (Å²) in [5.41, 5.74) is 2.55. The number of benzene rings is 1. The van der Waals surface area contributed by atoms with Crippen LogP contribution in [-0.2, 0) is 20.9 Å². The first-order valence-corrected chi connectivity index (χ1v) is 8.80. The number of aromatic nitrogens is 1. The van der Waals surface area contributed by atoms with Crippen molar-refractivity contribution in [2.45, 2.75) is 48.1 Å². The van der Waals surface area contributed by atoms with E-state index < -0.39 is 5.41 Å². The van der Waals surface area contributed by atoms with Crippen LogP contribution in [0.25, 0.3) is 10.2 Å². The third-order valence-electron chi connectivity index (χ3n) is 3.54. The van der Waals surface area contributed by atoms with E-state index in [1.807, 2.05) is 34.6 Å². The molecule has 2 aromatic rings. The zero-order chi connectivity index (χ0) is 18.1. The molecule has 0 aliphatic carbocycles. The molecule has 24 heavy (non-hydrogen) atoms. The maximum atomic E-state index is 12.3. The zero-order valence-electron chi connectivity index (χ0n) is 15.1. The van der Waals surface area contributed by atoms with Crippen molar-refractivity contribution < 1.29 is 14.3 Å². The predicted molar refractivity (Wildman–Crippen MR) is 95.9 cm³/mol. The summed E-state index contributed by atoms with van der Waals surface area (Å²) in [4.78, 5) is 29.2. The van der Waals surface area contributed by atoms with Gasteiger partial charge in [0.25, 0.3) is 5.91 Å². The first kappa shape index (κ1) is 18.4. The van der Waals surface area contributed by atoms with Crippen LogP contribution in [-0.4, -0.2) is 23.1 Å². The first-order chi connectivity index (χ1) is 11.1. The molecule has 0 N–H and O–H groups in total. The maximum absolute atomic E-state index is 12.3. The molecule has 0 aliphatic rings. The third kappa shape index (κ3) is 3.93. The number of amides is 1. The predicted octanol–water partition coefficient (Wildman–Crippen LogP) is 3.36. The zero-order valence-corrected chi connectivity index (χ0v) is 15.9. The normalized spacial score (nSPS) is 12.7. The highest BCUT2D eigenvalue weighted by atomic mass is 32.1. The van der Waals surface area contributed by atoms with Crippen LogP contribution in [0.4, 0.5) is 0 Å². The molecular weight excluding hydrogens is 324 g/mol. The van der Waals surface area contributed by atoms with E-state index >= 15 is 0 Å². The number of thiazole rings is 1. The Morgan fingerprint density at radius 1 is 1.25 bits per heavy atom. The molecule has 0 aliphatic heterocycles. The van der Waals surface area contributed by atoms with Gasteiger partial charge in [-0.3, -0.25) is 9.59 Å². The Bertz CT molecular complexity index is 853. The average molecular weight is 348 g/mol. The molecule has 1 aromatic heterocycles. The number of nitrogens with zero attached hydrogens (tertiary/aromatic N) is 2. The topological polar surface area (TPSA) is 60.7 Å². The van der Waals surface area contributed by atoms with E-state index in [-0.39, 0.29) is 18.4 Å². The number of rotatable bonds is 3. The molecule has 1 heterocycles. The SMILES string of the molecule is CCOC(=O)Cn1c(=NC(=O)C(C)(C)C)sc2cc(C)cc(C)c21. The molecular formula is C18H24N2O3S. The lowest BCUT2D eigenvalue weighted by molar-refractivity contribution is -0.143. The monoisotopic (exact) mass is 348 g/mol. The van der Waals surface area contributed by atoms with Crippen molar-refractivity contribution >= 4 is 33.4 Å². The maximum Gasteiger partial charge on any atom is 0.326 e. The van der Waals surface area contributed by atoms with Crippen molar-refractivity contribution in [3.63, 3.8) is 0 Å². The van der Waals surface area contributed by atoms with Gasteiger partial charge in [0, 0.05) is 5.41 Å². The van der Waals surface area contributed by atoms with Crippen molar-refractivity contribution in [1.29, 1.82) is 0 Å². The lowest BCUT2D eigenvalue weighted by Crippen LogP contribution is -2.26. The second-order valence-electron chi connectivity index (χ2n) is 6.87. The van der Waals surface area contributed by atoms with E-state index in [1.54, 1.807) is 11.5 Å². The van der Waals surface area contributed by atoms with Gasteiger partial charge < -0.3 is 9.30 Å². The van der Waals surface area contributed by atoms with Gasteiger partial charge in [-0.15, -0.1) is 0 Å². The second kappa shape index (κ2) is 6.89. The Kier molecular flexibility index (Phi) is 5.28. The highest BCUT2D eigenvalue weighted by molar-refractivity contribution is 7.16. The molecule has 0 spiro atoms. The minimum Gasteiger partial charge on any atom is -0.465 e. The average Bonchev–Trinajstić information content (AvgIpc) is 2.75. The van der Waals surface area contributed by atoms with E-state index in [9.17, 15) is 9.59 Å². The summed E-state index contributed by atoms with van der Waals surface area (Å²) in [6, 6.07) is 4.11. The molecule has 0 bridgehead atoms. The number of ether oxygens (including phenoxy) is 1.